The maximum atomic E-state index is 13.8. The van der Waals surface area contributed by atoms with E-state index in [4.69, 9.17) is 4.74 Å². The molecule has 0 bridgehead atoms. The maximum absolute atomic E-state index is 13.8. The van der Waals surface area contributed by atoms with E-state index in [-0.39, 0.29) is 53.1 Å². The van der Waals surface area contributed by atoms with Crippen LogP contribution in [0, 0.1) is 51.0 Å². The van der Waals surface area contributed by atoms with E-state index in [1.807, 2.05) is 141 Å². The van der Waals surface area contributed by atoms with Gasteiger partial charge in [-0.25, -0.2) is 37.5 Å². The first-order valence-corrected chi connectivity index (χ1v) is 41.6. The average Bonchev–Trinajstić information content (AvgIpc) is 1.65. The van der Waals surface area contributed by atoms with Crippen molar-refractivity contribution in [1.82, 2.24) is 88.1 Å². The molecule has 628 valence electrons. The number of halogens is 4. The van der Waals surface area contributed by atoms with E-state index in [0.29, 0.717) is 76.0 Å². The summed E-state index contributed by atoms with van der Waals surface area (Å²) in [5.41, 5.74) is 20.9. The number of likely N-dealkylation sites (N-methyl/N-ethyl adjacent to an activating group) is 1. The highest BCUT2D eigenvalue weighted by molar-refractivity contribution is 5.96. The lowest BCUT2D eigenvalue weighted by Crippen LogP contribution is -2.45. The van der Waals surface area contributed by atoms with Crippen LogP contribution in [0.25, 0.3) is 112 Å². The number of piperidine rings is 1. The number of aromatic nitrogens is 12. The minimum Gasteiger partial charge on any atom is -0.381 e. The summed E-state index contributed by atoms with van der Waals surface area (Å²) in [6.45, 7) is 16.2. The molecule has 3 aliphatic rings. The molecule has 16 aromatic rings. The number of benzene rings is 4. The van der Waals surface area contributed by atoms with Crippen molar-refractivity contribution in [3.8, 4) is 89.5 Å². The smallest absolute Gasteiger partial charge is 0.270 e. The summed E-state index contributed by atoms with van der Waals surface area (Å²) in [4.78, 5) is 81.6. The number of nitrogens with zero attached hydrogens (tertiary/aromatic N) is 15. The molecule has 4 aromatic carbocycles. The molecule has 0 spiro atoms. The van der Waals surface area contributed by atoms with Gasteiger partial charge in [0, 0.05) is 169 Å². The van der Waals surface area contributed by atoms with Gasteiger partial charge in [0.1, 0.15) is 57.3 Å². The normalized spacial score (nSPS) is 14.1. The first kappa shape index (κ1) is 83.8. The second-order valence-electron chi connectivity index (χ2n) is 31.6. The fourth-order valence-corrected chi connectivity index (χ4v) is 15.8. The second-order valence-corrected chi connectivity index (χ2v) is 31.6. The molecule has 19 rings (SSSR count). The summed E-state index contributed by atoms with van der Waals surface area (Å²) in [5.74, 6) is -1.33. The van der Waals surface area contributed by atoms with Crippen LogP contribution in [0.2, 0.25) is 0 Å². The summed E-state index contributed by atoms with van der Waals surface area (Å²) in [5, 5.41) is 9.31. The molecule has 0 radical (unpaired) electrons. The predicted octanol–water partition coefficient (Wildman–Crippen LogP) is 17.1. The number of ether oxygens (including phenoxy) is 1. The van der Waals surface area contributed by atoms with Crippen molar-refractivity contribution in [3.63, 3.8) is 0 Å². The highest BCUT2D eigenvalue weighted by Crippen LogP contribution is 2.37. The van der Waals surface area contributed by atoms with Crippen LogP contribution >= 0.6 is 0 Å². The van der Waals surface area contributed by atoms with Gasteiger partial charge in [0.05, 0.1) is 59.4 Å². The fraction of sp³-hybridized carbons (Fsp3) is 0.235. The predicted molar refractivity (Wildman–Crippen MR) is 474 cm³/mol. The number of pyridine rings is 8. The molecule has 26 heteroatoms. The highest BCUT2D eigenvalue weighted by atomic mass is 19.1. The topological polar surface area (TPSA) is 227 Å². The summed E-state index contributed by atoms with van der Waals surface area (Å²) >= 11 is 0. The monoisotopic (exact) mass is 1660 g/mol. The van der Waals surface area contributed by atoms with Gasteiger partial charge >= 0.3 is 0 Å². The number of rotatable bonds is 17. The van der Waals surface area contributed by atoms with Gasteiger partial charge < -0.3 is 39.8 Å². The maximum Gasteiger partial charge on any atom is 0.270 e. The lowest BCUT2D eigenvalue weighted by atomic mass is 9.99. The van der Waals surface area contributed by atoms with E-state index < -0.39 is 0 Å². The van der Waals surface area contributed by atoms with Crippen LogP contribution in [0.4, 0.5) is 17.6 Å². The molecule has 124 heavy (non-hydrogen) atoms. The van der Waals surface area contributed by atoms with Crippen molar-refractivity contribution in [1.29, 1.82) is 0 Å². The van der Waals surface area contributed by atoms with E-state index in [1.165, 1.54) is 24.3 Å². The number of piperazine rings is 1. The van der Waals surface area contributed by atoms with E-state index in [1.54, 1.807) is 124 Å². The molecule has 0 unspecified atom stereocenters. The number of likely N-dealkylation sites (tertiary alicyclic amines) is 1. The number of carbonyl (C=O) groups is 3. The van der Waals surface area contributed by atoms with Crippen molar-refractivity contribution in [2.24, 2.45) is 0 Å². The average molecular weight is 1660 g/mol. The number of hydrogen-bond acceptors (Lipinski definition) is 15. The third-order valence-corrected chi connectivity index (χ3v) is 23.0. The van der Waals surface area contributed by atoms with Gasteiger partial charge in [-0.15, -0.1) is 0 Å². The minimum atomic E-state index is -0.244. The number of amides is 3. The van der Waals surface area contributed by atoms with Gasteiger partial charge in [0.15, 0.2) is 0 Å². The quantitative estimate of drug-likeness (QED) is 0.0569. The molecule has 15 heterocycles. The number of carbonyl (C=O) groups excluding carboxylic acids is 3. The molecule has 3 saturated heterocycles. The molecular weight excluding hydrogens is 1570 g/mol. The molecule has 3 aliphatic heterocycles. The number of nitrogens with one attached hydrogen (secondary N) is 3. The summed E-state index contributed by atoms with van der Waals surface area (Å²) in [6.07, 6.45) is 27.5. The Labute approximate surface area is 715 Å². The molecule has 3 N–H and O–H groups in total. The standard InChI is InChI=1S/C28H31FN6O.C26H26FN5O.C25H23FN4O2.C19H14FN3/c1-20-17-21(6-8-24(20)29)27-23(5-3-10-30-27)22-7-9-26-32-18-25(35(26)19-22)28(36)31-11-4-12-34-15-13-33(2)14-16-34;1-17-14-18(5-7-22(17)27)25-21(4-3-11-28-25)19-6-8-24-29-15-23(32(24)16-19)26(33)30-20-9-12-31(2)13-10-20;1-16-13-17(4-6-21(16)26)24-20(3-2-10-27-24)18-5-7-23-28-14-22(30(23)15-18)25(31)29-19-8-11-32-12-9-19;1-13-9-15(4-5-18(13)20)19-17(3-2-7-22-19)14-6-8-23-12-21-11-16(23)10-14/h3,5-10,17-19H,4,11-16H2,1-2H3,(H,31,36);3-8,11,14-16,20H,9-10,12-13H2,1-2H3,(H,30,33);2-7,10,13-15,19H,8-9,11-12H2,1H3,(H,29,31);2-12H,1H3. The van der Waals surface area contributed by atoms with Crippen molar-refractivity contribution in [2.45, 2.75) is 71.9 Å². The van der Waals surface area contributed by atoms with Crippen LogP contribution < -0.4 is 16.0 Å². The van der Waals surface area contributed by atoms with Crippen molar-refractivity contribution in [3.05, 3.63) is 313 Å². The van der Waals surface area contributed by atoms with Gasteiger partial charge in [0.25, 0.3) is 17.7 Å². The van der Waals surface area contributed by atoms with Gasteiger partial charge in [-0.3, -0.25) is 47.5 Å². The van der Waals surface area contributed by atoms with Gasteiger partial charge in [0.2, 0.25) is 0 Å². The largest absolute Gasteiger partial charge is 0.381 e. The first-order valence-electron chi connectivity index (χ1n) is 41.6. The third kappa shape index (κ3) is 19.2. The Bertz CT molecular complexity index is 6560. The lowest BCUT2D eigenvalue weighted by Gasteiger charge is -2.32. The van der Waals surface area contributed by atoms with Crippen LogP contribution in [-0.2, 0) is 4.74 Å². The molecule has 22 nitrogen and oxygen atoms in total. The SMILES string of the molecule is Cc1cc(-c2ncccc2-c2ccc3ncc(C(=O)NC4CCN(C)CC4)n3c2)ccc1F.Cc1cc(-c2ncccc2-c2ccc3ncc(C(=O)NC4CCOCC4)n3c2)ccc1F.Cc1cc(-c2ncccc2-c2ccc3ncc(C(=O)NCCCN4CCN(C)CC4)n3c2)ccc1F.Cc1cc(-c2ncccc2-c2ccn3cncc3c2)ccc1F. The Hall–Kier alpha value is -13.8. The van der Waals surface area contributed by atoms with Crippen LogP contribution in [-0.4, -0.2) is 182 Å². The van der Waals surface area contributed by atoms with E-state index >= 15 is 0 Å². The Morgan fingerprint density at radius 1 is 0.403 bits per heavy atom. The molecular formula is C98H94F4N18O4. The summed E-state index contributed by atoms with van der Waals surface area (Å²) in [7, 11) is 4.25. The zero-order chi connectivity index (χ0) is 85.9. The van der Waals surface area contributed by atoms with Crippen LogP contribution in [0.15, 0.2) is 251 Å². The Morgan fingerprint density at radius 3 is 1.18 bits per heavy atom. The van der Waals surface area contributed by atoms with Crippen molar-refractivity contribution < 1.29 is 36.7 Å². The van der Waals surface area contributed by atoms with E-state index in [0.717, 1.165) is 173 Å². The van der Waals surface area contributed by atoms with Crippen molar-refractivity contribution in [2.75, 3.05) is 79.7 Å². The number of aryl methyl sites for hydroxylation is 4. The number of imidazole rings is 4. The minimum absolute atomic E-state index is 0.108. The number of fused-ring (bicyclic) bond motifs is 4. The molecule has 0 aliphatic carbocycles. The Kier molecular flexibility index (Phi) is 25.8. The first-order chi connectivity index (χ1) is 60.3. The van der Waals surface area contributed by atoms with Crippen LogP contribution in [0.5, 0.6) is 0 Å². The molecule has 3 fully saturated rings. The van der Waals surface area contributed by atoms with E-state index in [2.05, 4.69) is 90.7 Å². The van der Waals surface area contributed by atoms with Gasteiger partial charge in [-0.1, -0.05) is 24.3 Å². The third-order valence-electron chi connectivity index (χ3n) is 23.0. The van der Waals surface area contributed by atoms with E-state index in [9.17, 15) is 31.9 Å². The van der Waals surface area contributed by atoms with Gasteiger partial charge in [-0.2, -0.15) is 0 Å². The molecule has 0 saturated carbocycles. The Morgan fingerprint density at radius 2 is 0.774 bits per heavy atom. The summed E-state index contributed by atoms with van der Waals surface area (Å²) in [6, 6.07) is 51.6. The summed E-state index contributed by atoms with van der Waals surface area (Å²) < 4.78 is 67.8. The highest BCUT2D eigenvalue weighted by Gasteiger charge is 2.26. The number of hydrogen-bond donors (Lipinski definition) is 3. The van der Waals surface area contributed by atoms with Gasteiger partial charge in [-0.05, 0) is 267 Å². The molecule has 0 atom stereocenters. The van der Waals surface area contributed by atoms with Crippen LogP contribution in [0.3, 0.4) is 0 Å². The van der Waals surface area contributed by atoms with Crippen LogP contribution in [0.1, 0.15) is 85.8 Å². The zero-order valence-corrected chi connectivity index (χ0v) is 69.8. The Balaban J connectivity index is 0.000000123. The molecule has 3 amide bonds. The zero-order valence-electron chi connectivity index (χ0n) is 69.8. The fourth-order valence-electron chi connectivity index (χ4n) is 15.8. The van der Waals surface area contributed by atoms with Crippen molar-refractivity contribution >= 4 is 40.2 Å². The second kappa shape index (κ2) is 38.1. The molecule has 12 aromatic heterocycles. The lowest BCUT2D eigenvalue weighted by molar-refractivity contribution is 0.0693.